The minimum absolute atomic E-state index is 0.405. The normalized spacial score (nSPS) is 18.7. The van der Waals surface area contributed by atoms with E-state index in [1.54, 1.807) is 0 Å². The molecule has 3 rings (SSSR count). The lowest BCUT2D eigenvalue weighted by Gasteiger charge is -2.28. The molecular formula is C16H18N2S. The fourth-order valence-electron chi connectivity index (χ4n) is 2.64. The molecular weight excluding hydrogens is 252 g/mol. The first-order valence-corrected chi connectivity index (χ1v) is 7.59. The highest BCUT2D eigenvalue weighted by molar-refractivity contribution is 7.10. The van der Waals surface area contributed by atoms with Gasteiger partial charge in [-0.05, 0) is 29.5 Å². The average Bonchev–Trinajstić information content (AvgIpc) is 2.92. The van der Waals surface area contributed by atoms with Crippen molar-refractivity contribution in [1.82, 2.24) is 4.90 Å². The van der Waals surface area contributed by atoms with Gasteiger partial charge in [-0.3, -0.25) is 0 Å². The van der Waals surface area contributed by atoms with E-state index in [2.05, 4.69) is 60.6 Å². The van der Waals surface area contributed by atoms with E-state index in [1.165, 1.54) is 16.3 Å². The van der Waals surface area contributed by atoms with Crippen LogP contribution < -0.4 is 0 Å². The van der Waals surface area contributed by atoms with Crippen LogP contribution in [0.25, 0.3) is 0 Å². The molecule has 98 valence electrons. The fourth-order valence-corrected chi connectivity index (χ4v) is 3.51. The topological polar surface area (TPSA) is 15.6 Å². The smallest absolute Gasteiger partial charge is 0.105 e. The van der Waals surface area contributed by atoms with Crippen molar-refractivity contribution in [3.63, 3.8) is 0 Å². The predicted molar refractivity (Wildman–Crippen MR) is 82.4 cm³/mol. The highest BCUT2D eigenvalue weighted by Crippen LogP contribution is 2.34. The summed E-state index contributed by atoms with van der Waals surface area (Å²) in [5.74, 6) is 1.17. The summed E-state index contributed by atoms with van der Waals surface area (Å²) >= 11 is 1.83. The second-order valence-corrected chi connectivity index (χ2v) is 5.84. The van der Waals surface area contributed by atoms with Crippen LogP contribution in [0.3, 0.4) is 0 Å². The molecule has 0 saturated carbocycles. The van der Waals surface area contributed by atoms with Gasteiger partial charge in [0, 0.05) is 18.3 Å². The summed E-state index contributed by atoms with van der Waals surface area (Å²) < 4.78 is 0. The maximum atomic E-state index is 4.85. The Bertz CT molecular complexity index is 587. The van der Waals surface area contributed by atoms with Crippen LogP contribution in [0.5, 0.6) is 0 Å². The Morgan fingerprint density at radius 2 is 2.11 bits per heavy atom. The van der Waals surface area contributed by atoms with Crippen molar-refractivity contribution in [3.8, 4) is 0 Å². The van der Waals surface area contributed by atoms with Gasteiger partial charge in [-0.2, -0.15) is 0 Å². The Balaban J connectivity index is 2.08. The molecule has 0 aliphatic carbocycles. The standard InChI is InChI=1S/C16H18N2S/c1-3-16-17-13-8-5-4-7-12(13)11-14(18(16)2)15-9-6-10-19-15/h4-10,14H,3,11H2,1-2H3. The number of likely N-dealkylation sites (N-methyl/N-ethyl adjacent to an activating group) is 1. The van der Waals surface area contributed by atoms with Crippen molar-refractivity contribution in [2.24, 2.45) is 4.99 Å². The Hall–Kier alpha value is -1.61. The number of para-hydroxylation sites is 1. The predicted octanol–water partition coefficient (Wildman–Crippen LogP) is 4.42. The number of hydrogen-bond donors (Lipinski definition) is 0. The number of fused-ring (bicyclic) bond motifs is 1. The summed E-state index contributed by atoms with van der Waals surface area (Å²) in [7, 11) is 2.17. The van der Waals surface area contributed by atoms with Crippen molar-refractivity contribution < 1.29 is 0 Å². The first-order valence-electron chi connectivity index (χ1n) is 6.71. The van der Waals surface area contributed by atoms with Gasteiger partial charge in [0.2, 0.25) is 0 Å². The molecule has 0 saturated heterocycles. The van der Waals surface area contributed by atoms with Gasteiger partial charge in [0.05, 0.1) is 11.7 Å². The summed E-state index contributed by atoms with van der Waals surface area (Å²) in [5, 5.41) is 2.16. The van der Waals surface area contributed by atoms with E-state index in [0.717, 1.165) is 18.5 Å². The van der Waals surface area contributed by atoms with Gasteiger partial charge in [-0.1, -0.05) is 31.2 Å². The molecule has 1 aromatic carbocycles. The van der Waals surface area contributed by atoms with Crippen LogP contribution in [0.2, 0.25) is 0 Å². The van der Waals surface area contributed by atoms with Crippen LogP contribution in [0.15, 0.2) is 46.8 Å². The van der Waals surface area contributed by atoms with Gasteiger partial charge in [-0.25, -0.2) is 4.99 Å². The highest BCUT2D eigenvalue weighted by Gasteiger charge is 2.24. The van der Waals surface area contributed by atoms with Crippen LogP contribution >= 0.6 is 11.3 Å². The van der Waals surface area contributed by atoms with Crippen molar-refractivity contribution in [3.05, 3.63) is 52.2 Å². The maximum absolute atomic E-state index is 4.85. The first-order chi connectivity index (χ1) is 9.29. The highest BCUT2D eigenvalue weighted by atomic mass is 32.1. The van der Waals surface area contributed by atoms with E-state index in [9.17, 15) is 0 Å². The van der Waals surface area contributed by atoms with E-state index < -0.39 is 0 Å². The summed E-state index contributed by atoms with van der Waals surface area (Å²) in [4.78, 5) is 8.60. The van der Waals surface area contributed by atoms with Crippen molar-refractivity contribution in [2.75, 3.05) is 7.05 Å². The van der Waals surface area contributed by atoms with Crippen LogP contribution in [0.1, 0.15) is 29.8 Å². The number of aliphatic imine (C=N–C) groups is 1. The zero-order valence-electron chi connectivity index (χ0n) is 11.3. The van der Waals surface area contributed by atoms with Crippen LogP contribution in [0, 0.1) is 0 Å². The lowest BCUT2D eigenvalue weighted by atomic mass is 10.0. The molecule has 0 spiro atoms. The van der Waals surface area contributed by atoms with Crippen LogP contribution in [0.4, 0.5) is 5.69 Å². The number of rotatable bonds is 2. The quantitative estimate of drug-likeness (QED) is 0.789. The number of nitrogens with zero attached hydrogens (tertiary/aromatic N) is 2. The van der Waals surface area contributed by atoms with Gasteiger partial charge in [0.25, 0.3) is 0 Å². The van der Waals surface area contributed by atoms with Crippen molar-refractivity contribution >= 4 is 22.9 Å². The van der Waals surface area contributed by atoms with Gasteiger partial charge < -0.3 is 4.90 Å². The molecule has 1 atom stereocenters. The number of hydrogen-bond acceptors (Lipinski definition) is 3. The number of amidine groups is 1. The summed E-state index contributed by atoms with van der Waals surface area (Å²) in [6.07, 6.45) is 1.99. The zero-order chi connectivity index (χ0) is 13.2. The molecule has 2 nitrogen and oxygen atoms in total. The SMILES string of the molecule is CCC1=Nc2ccccc2CC(c2cccs2)N1C. The lowest BCUT2D eigenvalue weighted by molar-refractivity contribution is 0.376. The Kier molecular flexibility index (Phi) is 3.38. The summed E-state index contributed by atoms with van der Waals surface area (Å²) in [5.41, 5.74) is 2.47. The molecule has 0 radical (unpaired) electrons. The fraction of sp³-hybridized carbons (Fsp3) is 0.312. The van der Waals surface area contributed by atoms with Gasteiger partial charge in [0.15, 0.2) is 0 Å². The van der Waals surface area contributed by atoms with Crippen LogP contribution in [-0.2, 0) is 6.42 Å². The second-order valence-electron chi connectivity index (χ2n) is 4.86. The molecule has 2 heterocycles. The van der Waals surface area contributed by atoms with Gasteiger partial charge in [-0.15, -0.1) is 11.3 Å². The van der Waals surface area contributed by atoms with E-state index >= 15 is 0 Å². The summed E-state index contributed by atoms with van der Waals surface area (Å²) in [6, 6.07) is 13.3. The molecule has 0 fully saturated rings. The number of benzene rings is 1. The minimum Gasteiger partial charge on any atom is -0.355 e. The third-order valence-electron chi connectivity index (χ3n) is 3.72. The summed E-state index contributed by atoms with van der Waals surface area (Å²) in [6.45, 7) is 2.18. The van der Waals surface area contributed by atoms with E-state index in [-0.39, 0.29) is 0 Å². The molecule has 1 aromatic heterocycles. The molecule has 0 amide bonds. The molecule has 1 aliphatic rings. The molecule has 0 bridgehead atoms. The maximum Gasteiger partial charge on any atom is 0.105 e. The van der Waals surface area contributed by atoms with E-state index in [4.69, 9.17) is 4.99 Å². The molecule has 19 heavy (non-hydrogen) atoms. The Labute approximate surface area is 118 Å². The zero-order valence-corrected chi connectivity index (χ0v) is 12.2. The molecule has 0 N–H and O–H groups in total. The van der Waals surface area contributed by atoms with Crippen molar-refractivity contribution in [2.45, 2.75) is 25.8 Å². The van der Waals surface area contributed by atoms with Crippen molar-refractivity contribution in [1.29, 1.82) is 0 Å². The van der Waals surface area contributed by atoms with Gasteiger partial charge in [0.1, 0.15) is 5.84 Å². The van der Waals surface area contributed by atoms with Gasteiger partial charge >= 0.3 is 0 Å². The van der Waals surface area contributed by atoms with E-state index in [1.807, 2.05) is 11.3 Å². The Morgan fingerprint density at radius 3 is 2.84 bits per heavy atom. The molecule has 1 aliphatic heterocycles. The first kappa shape index (κ1) is 12.4. The third kappa shape index (κ3) is 2.30. The minimum atomic E-state index is 0.405. The average molecular weight is 270 g/mol. The van der Waals surface area contributed by atoms with E-state index in [0.29, 0.717) is 6.04 Å². The Morgan fingerprint density at radius 1 is 1.26 bits per heavy atom. The number of thiophene rings is 1. The monoisotopic (exact) mass is 270 g/mol. The molecule has 2 aromatic rings. The third-order valence-corrected chi connectivity index (χ3v) is 4.69. The van der Waals surface area contributed by atoms with Crippen LogP contribution in [-0.4, -0.2) is 17.8 Å². The largest absolute Gasteiger partial charge is 0.355 e. The molecule has 1 unspecified atom stereocenters. The molecule has 3 heteroatoms. The lowest BCUT2D eigenvalue weighted by Crippen LogP contribution is -2.30. The second kappa shape index (κ2) is 5.17.